The van der Waals surface area contributed by atoms with Gasteiger partial charge in [0, 0.05) is 44.4 Å². The van der Waals surface area contributed by atoms with E-state index in [0.29, 0.717) is 13.1 Å². The maximum atomic E-state index is 9.74. The first-order chi connectivity index (χ1) is 8.34. The minimum Gasteiger partial charge on any atom is -0.390 e. The Morgan fingerprint density at radius 3 is 2.94 bits per heavy atom. The van der Waals surface area contributed by atoms with E-state index >= 15 is 0 Å². The molecule has 2 aromatic rings. The molecule has 2 N–H and O–H groups in total. The SMILES string of the molecule is OC(CNCCn1ccnc1)Cn1cccn1. The van der Waals surface area contributed by atoms with Gasteiger partial charge in [0.2, 0.25) is 0 Å². The molecule has 0 aliphatic rings. The highest BCUT2D eigenvalue weighted by atomic mass is 16.3. The average molecular weight is 235 g/mol. The van der Waals surface area contributed by atoms with Crippen LogP contribution in [0, 0.1) is 0 Å². The number of rotatable bonds is 7. The predicted octanol–water partition coefficient (Wildman–Crippen LogP) is -0.270. The number of aromatic nitrogens is 4. The van der Waals surface area contributed by atoms with Crippen molar-refractivity contribution in [3.8, 4) is 0 Å². The summed E-state index contributed by atoms with van der Waals surface area (Å²) in [6, 6.07) is 1.85. The molecule has 0 amide bonds. The molecule has 0 saturated carbocycles. The molecule has 0 aliphatic carbocycles. The van der Waals surface area contributed by atoms with E-state index in [9.17, 15) is 5.11 Å². The second-order valence-corrected chi connectivity index (χ2v) is 3.89. The molecular weight excluding hydrogens is 218 g/mol. The van der Waals surface area contributed by atoms with Crippen molar-refractivity contribution < 1.29 is 5.11 Å². The van der Waals surface area contributed by atoms with E-state index in [-0.39, 0.29) is 0 Å². The van der Waals surface area contributed by atoms with Gasteiger partial charge in [-0.3, -0.25) is 4.68 Å². The molecule has 6 heteroatoms. The molecule has 0 aliphatic heterocycles. The highest BCUT2D eigenvalue weighted by molar-refractivity contribution is 4.79. The van der Waals surface area contributed by atoms with Gasteiger partial charge in [-0.2, -0.15) is 5.10 Å². The first-order valence-corrected chi connectivity index (χ1v) is 5.66. The van der Waals surface area contributed by atoms with Crippen molar-refractivity contribution in [3.63, 3.8) is 0 Å². The van der Waals surface area contributed by atoms with Gasteiger partial charge in [-0.25, -0.2) is 4.98 Å². The Hall–Kier alpha value is -1.66. The van der Waals surface area contributed by atoms with Crippen LogP contribution in [-0.4, -0.2) is 43.6 Å². The lowest BCUT2D eigenvalue weighted by Gasteiger charge is -2.12. The maximum absolute atomic E-state index is 9.74. The van der Waals surface area contributed by atoms with Crippen LogP contribution in [0.2, 0.25) is 0 Å². The van der Waals surface area contributed by atoms with Crippen LogP contribution in [0.25, 0.3) is 0 Å². The zero-order valence-corrected chi connectivity index (χ0v) is 9.61. The van der Waals surface area contributed by atoms with Crippen LogP contribution in [0.4, 0.5) is 0 Å². The van der Waals surface area contributed by atoms with E-state index in [4.69, 9.17) is 0 Å². The fourth-order valence-electron chi connectivity index (χ4n) is 1.58. The molecule has 2 aromatic heterocycles. The van der Waals surface area contributed by atoms with E-state index in [1.165, 1.54) is 0 Å². The Labute approximate surface area is 99.9 Å². The van der Waals surface area contributed by atoms with Crippen LogP contribution >= 0.6 is 0 Å². The summed E-state index contributed by atoms with van der Waals surface area (Å²) in [5, 5.41) is 17.0. The monoisotopic (exact) mass is 235 g/mol. The highest BCUT2D eigenvalue weighted by Gasteiger charge is 2.04. The van der Waals surface area contributed by atoms with Crippen molar-refractivity contribution in [1.29, 1.82) is 0 Å². The van der Waals surface area contributed by atoms with Crippen molar-refractivity contribution in [3.05, 3.63) is 37.2 Å². The number of aliphatic hydroxyl groups is 1. The molecule has 2 heterocycles. The zero-order valence-electron chi connectivity index (χ0n) is 9.61. The lowest BCUT2D eigenvalue weighted by molar-refractivity contribution is 0.146. The standard InChI is InChI=1S/C11H17N5O/c17-11(9-16-5-1-2-14-16)8-12-3-6-15-7-4-13-10-15/h1-2,4-5,7,10-12,17H,3,6,8-9H2. The topological polar surface area (TPSA) is 67.9 Å². The third-order valence-electron chi connectivity index (χ3n) is 2.44. The summed E-state index contributed by atoms with van der Waals surface area (Å²) >= 11 is 0. The fraction of sp³-hybridized carbons (Fsp3) is 0.455. The van der Waals surface area contributed by atoms with Crippen molar-refractivity contribution in [2.24, 2.45) is 0 Å². The van der Waals surface area contributed by atoms with Crippen molar-refractivity contribution in [2.45, 2.75) is 19.2 Å². The zero-order chi connectivity index (χ0) is 11.9. The van der Waals surface area contributed by atoms with Gasteiger partial charge < -0.3 is 15.0 Å². The van der Waals surface area contributed by atoms with Crippen LogP contribution in [0.5, 0.6) is 0 Å². The second-order valence-electron chi connectivity index (χ2n) is 3.89. The molecule has 17 heavy (non-hydrogen) atoms. The molecular formula is C11H17N5O. The molecule has 0 bridgehead atoms. The number of hydrogen-bond donors (Lipinski definition) is 2. The van der Waals surface area contributed by atoms with Crippen LogP contribution < -0.4 is 5.32 Å². The van der Waals surface area contributed by atoms with E-state index in [1.807, 2.05) is 23.0 Å². The molecule has 0 fully saturated rings. The first-order valence-electron chi connectivity index (χ1n) is 5.66. The Balaban J connectivity index is 1.58. The smallest absolute Gasteiger partial charge is 0.0946 e. The predicted molar refractivity (Wildman–Crippen MR) is 63.3 cm³/mol. The average Bonchev–Trinajstić information content (AvgIpc) is 2.96. The minimum absolute atomic E-state index is 0.419. The summed E-state index contributed by atoms with van der Waals surface area (Å²) in [6.07, 6.45) is 8.59. The van der Waals surface area contributed by atoms with Gasteiger partial charge >= 0.3 is 0 Å². The van der Waals surface area contributed by atoms with Gasteiger partial charge in [0.15, 0.2) is 0 Å². The molecule has 1 atom stereocenters. The van der Waals surface area contributed by atoms with Crippen LogP contribution in [-0.2, 0) is 13.1 Å². The van der Waals surface area contributed by atoms with Crippen LogP contribution in [0.3, 0.4) is 0 Å². The molecule has 0 spiro atoms. The Bertz CT molecular complexity index is 397. The quantitative estimate of drug-likeness (QED) is 0.648. The summed E-state index contributed by atoms with van der Waals surface area (Å²) in [5.41, 5.74) is 0. The van der Waals surface area contributed by atoms with Crippen LogP contribution in [0.15, 0.2) is 37.2 Å². The molecule has 0 radical (unpaired) electrons. The molecule has 6 nitrogen and oxygen atoms in total. The Morgan fingerprint density at radius 1 is 1.29 bits per heavy atom. The van der Waals surface area contributed by atoms with Crippen LogP contribution in [0.1, 0.15) is 0 Å². The summed E-state index contributed by atoms with van der Waals surface area (Å²) in [4.78, 5) is 3.96. The molecule has 2 rings (SSSR count). The van der Waals surface area contributed by atoms with Gasteiger partial charge in [-0.1, -0.05) is 0 Å². The van der Waals surface area contributed by atoms with Gasteiger partial charge in [0.05, 0.1) is 19.0 Å². The number of aliphatic hydroxyl groups excluding tert-OH is 1. The Kier molecular flexibility index (Phi) is 4.29. The fourth-order valence-corrected chi connectivity index (χ4v) is 1.58. The second kappa shape index (κ2) is 6.17. The summed E-state index contributed by atoms with van der Waals surface area (Å²) in [6.45, 7) is 2.75. The highest BCUT2D eigenvalue weighted by Crippen LogP contribution is 1.90. The lowest BCUT2D eigenvalue weighted by Crippen LogP contribution is -2.32. The van der Waals surface area contributed by atoms with Gasteiger partial charge in [0.1, 0.15) is 0 Å². The molecule has 0 saturated heterocycles. The van der Waals surface area contributed by atoms with E-state index in [1.54, 1.807) is 23.4 Å². The number of imidazole rings is 1. The van der Waals surface area contributed by atoms with E-state index in [2.05, 4.69) is 15.4 Å². The van der Waals surface area contributed by atoms with Crippen molar-refractivity contribution in [1.82, 2.24) is 24.6 Å². The summed E-state index contributed by atoms with van der Waals surface area (Å²) < 4.78 is 3.72. The van der Waals surface area contributed by atoms with Crippen molar-refractivity contribution >= 4 is 0 Å². The normalized spacial score (nSPS) is 12.8. The number of hydrogen-bond acceptors (Lipinski definition) is 4. The number of nitrogens with one attached hydrogen (secondary N) is 1. The van der Waals surface area contributed by atoms with Gasteiger partial charge in [-0.05, 0) is 6.07 Å². The molecule has 92 valence electrons. The van der Waals surface area contributed by atoms with Gasteiger partial charge in [0.25, 0.3) is 0 Å². The first kappa shape index (κ1) is 11.8. The number of nitrogens with zero attached hydrogens (tertiary/aromatic N) is 4. The summed E-state index contributed by atoms with van der Waals surface area (Å²) in [7, 11) is 0. The van der Waals surface area contributed by atoms with E-state index < -0.39 is 6.10 Å². The third-order valence-corrected chi connectivity index (χ3v) is 2.44. The Morgan fingerprint density at radius 2 is 2.24 bits per heavy atom. The lowest BCUT2D eigenvalue weighted by atomic mass is 10.3. The van der Waals surface area contributed by atoms with Crippen molar-refractivity contribution in [2.75, 3.05) is 13.1 Å². The van der Waals surface area contributed by atoms with E-state index in [0.717, 1.165) is 13.1 Å². The molecule has 1 unspecified atom stereocenters. The largest absolute Gasteiger partial charge is 0.390 e. The maximum Gasteiger partial charge on any atom is 0.0946 e. The minimum atomic E-state index is -0.419. The third kappa shape index (κ3) is 4.01. The summed E-state index contributed by atoms with van der Waals surface area (Å²) in [5.74, 6) is 0. The van der Waals surface area contributed by atoms with Gasteiger partial charge in [-0.15, -0.1) is 0 Å². The molecule has 0 aromatic carbocycles.